The van der Waals surface area contributed by atoms with Crippen LogP contribution in [0.5, 0.6) is 5.75 Å². The lowest BCUT2D eigenvalue weighted by atomic mass is 9.83. The summed E-state index contributed by atoms with van der Waals surface area (Å²) < 4.78 is 9.41. The lowest BCUT2D eigenvalue weighted by Crippen LogP contribution is -2.38. The number of benzene rings is 3. The van der Waals surface area contributed by atoms with E-state index in [0.717, 1.165) is 37.8 Å². The molecule has 2 heterocycles. The molecular formula is C30H21Br2N3O4S. The summed E-state index contributed by atoms with van der Waals surface area (Å²) >= 11 is 8.44. The third kappa shape index (κ3) is 4.70. The van der Waals surface area contributed by atoms with Crippen LogP contribution in [0.1, 0.15) is 34.7 Å². The monoisotopic (exact) mass is 677 g/mol. The Morgan fingerprint density at radius 3 is 2.65 bits per heavy atom. The SMILES string of the molecule is C=CCOc1c(Br)cc(/C=c2/sc3n(c2=O)[C@@H](c2cccc([N+](=O)[O-])c2)C2=C(N=3)c3ccccc3CC2)cc1Br. The van der Waals surface area contributed by atoms with E-state index in [1.54, 1.807) is 22.8 Å². The number of nitro benzene ring substituents is 1. The van der Waals surface area contributed by atoms with Crippen LogP contribution in [0.4, 0.5) is 5.69 Å². The minimum atomic E-state index is -0.491. The second kappa shape index (κ2) is 10.8. The molecule has 40 heavy (non-hydrogen) atoms. The first-order valence-corrected chi connectivity index (χ1v) is 14.9. The summed E-state index contributed by atoms with van der Waals surface area (Å²) in [4.78, 5) is 30.8. The van der Waals surface area contributed by atoms with Gasteiger partial charge in [-0.2, -0.15) is 0 Å². The quantitative estimate of drug-likeness (QED) is 0.136. The Balaban J connectivity index is 1.56. The number of rotatable bonds is 6. The molecule has 0 saturated heterocycles. The zero-order chi connectivity index (χ0) is 28.0. The standard InChI is InChI=1S/C30H21Br2N3O4S/c1-2-12-39-28-23(31)13-17(14-24(28)32)15-25-29(36)34-27(19-7-5-8-20(16-19)35(37)38)22-11-10-18-6-3-4-9-21(18)26(22)33-30(34)40-25/h2-9,13-16,27H,1,10-12H2/b25-15+/t27-/m0/s1. The first kappa shape index (κ1) is 26.6. The van der Waals surface area contributed by atoms with Gasteiger partial charge in [0.2, 0.25) is 0 Å². The van der Waals surface area contributed by atoms with Crippen LogP contribution < -0.4 is 19.6 Å². The van der Waals surface area contributed by atoms with Crippen LogP contribution in [0.3, 0.4) is 0 Å². The third-order valence-corrected chi connectivity index (χ3v) is 9.09. The molecule has 1 aliphatic carbocycles. The lowest BCUT2D eigenvalue weighted by Gasteiger charge is -2.30. The predicted molar refractivity (Wildman–Crippen MR) is 163 cm³/mol. The van der Waals surface area contributed by atoms with Gasteiger partial charge in [0.05, 0.1) is 30.1 Å². The Bertz CT molecular complexity index is 1900. The van der Waals surface area contributed by atoms with Gasteiger partial charge >= 0.3 is 0 Å². The highest BCUT2D eigenvalue weighted by Crippen LogP contribution is 2.41. The van der Waals surface area contributed by atoms with Gasteiger partial charge < -0.3 is 4.74 Å². The minimum Gasteiger partial charge on any atom is -0.487 e. The second-order valence-electron chi connectivity index (χ2n) is 9.38. The summed E-state index contributed by atoms with van der Waals surface area (Å²) in [6.07, 6.45) is 5.02. The number of aromatic nitrogens is 1. The fourth-order valence-electron chi connectivity index (χ4n) is 5.23. The normalized spacial score (nSPS) is 16.1. The van der Waals surface area contributed by atoms with Crippen LogP contribution in [0, 0.1) is 10.1 Å². The zero-order valence-corrected chi connectivity index (χ0v) is 25.0. The van der Waals surface area contributed by atoms with Gasteiger partial charge in [-0.25, -0.2) is 4.99 Å². The Morgan fingerprint density at radius 2 is 1.90 bits per heavy atom. The molecule has 2 aliphatic rings. The fourth-order valence-corrected chi connectivity index (χ4v) is 7.68. The van der Waals surface area contributed by atoms with Gasteiger partial charge in [0.1, 0.15) is 12.4 Å². The lowest BCUT2D eigenvalue weighted by molar-refractivity contribution is -0.384. The van der Waals surface area contributed by atoms with Gasteiger partial charge in [0.25, 0.3) is 11.2 Å². The molecule has 0 unspecified atom stereocenters. The van der Waals surface area contributed by atoms with E-state index < -0.39 is 11.0 Å². The number of non-ortho nitro benzene ring substituents is 1. The van der Waals surface area contributed by atoms with E-state index in [1.165, 1.54) is 23.0 Å². The molecule has 0 spiro atoms. The summed E-state index contributed by atoms with van der Waals surface area (Å²) in [5, 5.41) is 11.6. The molecule has 1 aromatic heterocycles. The maximum Gasteiger partial charge on any atom is 0.271 e. The number of ether oxygens (including phenoxy) is 1. The first-order valence-electron chi connectivity index (χ1n) is 12.5. The molecule has 1 atom stereocenters. The average molecular weight is 679 g/mol. The molecule has 3 aromatic carbocycles. The van der Waals surface area contributed by atoms with Crippen LogP contribution in [0.15, 0.2) is 97.6 Å². The van der Waals surface area contributed by atoms with Gasteiger partial charge in [-0.15, -0.1) is 0 Å². The van der Waals surface area contributed by atoms with Gasteiger partial charge in [-0.1, -0.05) is 60.4 Å². The molecule has 0 N–H and O–H groups in total. The number of fused-ring (bicyclic) bond motifs is 3. The molecule has 0 radical (unpaired) electrons. The Morgan fingerprint density at radius 1 is 1.12 bits per heavy atom. The van der Waals surface area contributed by atoms with Crippen molar-refractivity contribution in [1.82, 2.24) is 4.57 Å². The van der Waals surface area contributed by atoms with Crippen molar-refractivity contribution in [3.63, 3.8) is 0 Å². The molecule has 200 valence electrons. The summed E-state index contributed by atoms with van der Waals surface area (Å²) in [5.74, 6) is 0.649. The van der Waals surface area contributed by atoms with E-state index in [-0.39, 0.29) is 11.2 Å². The molecule has 0 saturated carbocycles. The van der Waals surface area contributed by atoms with Crippen molar-refractivity contribution < 1.29 is 9.66 Å². The average Bonchev–Trinajstić information content (AvgIpc) is 3.25. The second-order valence-corrected chi connectivity index (χ2v) is 12.1. The van der Waals surface area contributed by atoms with Gasteiger partial charge in [-0.05, 0) is 85.2 Å². The highest BCUT2D eigenvalue weighted by Gasteiger charge is 2.33. The topological polar surface area (TPSA) is 86.7 Å². The minimum absolute atomic E-state index is 0.0107. The first-order chi connectivity index (χ1) is 19.4. The number of nitrogens with zero attached hydrogens (tertiary/aromatic N) is 3. The van der Waals surface area contributed by atoms with E-state index in [0.29, 0.717) is 33.7 Å². The number of allylic oxidation sites excluding steroid dienone is 1. The van der Waals surface area contributed by atoms with Crippen molar-refractivity contribution in [2.75, 3.05) is 6.61 Å². The molecule has 10 heteroatoms. The van der Waals surface area contributed by atoms with Crippen molar-refractivity contribution >= 4 is 60.7 Å². The summed E-state index contributed by atoms with van der Waals surface area (Å²) in [6, 6.07) is 18.0. The van der Waals surface area contributed by atoms with Crippen LogP contribution >= 0.6 is 43.2 Å². The molecule has 6 rings (SSSR count). The number of hydrogen-bond acceptors (Lipinski definition) is 6. The number of aryl methyl sites for hydroxylation is 1. The molecule has 0 bridgehead atoms. The highest BCUT2D eigenvalue weighted by atomic mass is 79.9. The van der Waals surface area contributed by atoms with Gasteiger partial charge in [0, 0.05) is 17.7 Å². The van der Waals surface area contributed by atoms with E-state index >= 15 is 0 Å². The van der Waals surface area contributed by atoms with E-state index in [1.807, 2.05) is 36.4 Å². The van der Waals surface area contributed by atoms with Crippen molar-refractivity contribution in [3.8, 4) is 5.75 Å². The Hall–Kier alpha value is -3.60. The fraction of sp³-hybridized carbons (Fsp3) is 0.133. The van der Waals surface area contributed by atoms with Crippen molar-refractivity contribution in [1.29, 1.82) is 0 Å². The van der Waals surface area contributed by atoms with Crippen LogP contribution in [-0.4, -0.2) is 16.1 Å². The van der Waals surface area contributed by atoms with Gasteiger partial charge in [-0.3, -0.25) is 19.5 Å². The number of nitro groups is 1. The van der Waals surface area contributed by atoms with Crippen LogP contribution in [0.25, 0.3) is 11.8 Å². The van der Waals surface area contributed by atoms with E-state index in [4.69, 9.17) is 9.73 Å². The number of thiazole rings is 1. The summed E-state index contributed by atoms with van der Waals surface area (Å²) in [7, 11) is 0. The van der Waals surface area contributed by atoms with E-state index in [2.05, 4.69) is 50.6 Å². The molecule has 0 amide bonds. The smallest absolute Gasteiger partial charge is 0.271 e. The maximum absolute atomic E-state index is 14.0. The van der Waals surface area contributed by atoms with Crippen LogP contribution in [-0.2, 0) is 6.42 Å². The molecular weight excluding hydrogens is 658 g/mol. The van der Waals surface area contributed by atoms with E-state index in [9.17, 15) is 14.9 Å². The van der Waals surface area contributed by atoms with Gasteiger partial charge in [0.15, 0.2) is 4.80 Å². The van der Waals surface area contributed by atoms with Crippen molar-refractivity contribution in [3.05, 3.63) is 140 Å². The summed E-state index contributed by atoms with van der Waals surface area (Å²) in [5.41, 5.74) is 5.38. The molecule has 4 aromatic rings. The Labute approximate surface area is 249 Å². The predicted octanol–water partition coefficient (Wildman–Crippen LogP) is 6.32. The summed E-state index contributed by atoms with van der Waals surface area (Å²) in [6.45, 7) is 4.05. The van der Waals surface area contributed by atoms with Crippen molar-refractivity contribution in [2.24, 2.45) is 4.99 Å². The maximum atomic E-state index is 14.0. The zero-order valence-electron chi connectivity index (χ0n) is 21.0. The molecule has 7 nitrogen and oxygen atoms in total. The number of hydrogen-bond donors (Lipinski definition) is 0. The highest BCUT2D eigenvalue weighted by molar-refractivity contribution is 9.11. The Kier molecular flexibility index (Phi) is 7.16. The number of halogens is 2. The molecule has 1 aliphatic heterocycles. The third-order valence-electron chi connectivity index (χ3n) is 6.93. The molecule has 0 fully saturated rings. The van der Waals surface area contributed by atoms with Crippen LogP contribution in [0.2, 0.25) is 0 Å². The largest absolute Gasteiger partial charge is 0.487 e. The van der Waals surface area contributed by atoms with Crippen molar-refractivity contribution in [2.45, 2.75) is 18.9 Å².